The van der Waals surface area contributed by atoms with E-state index in [1.165, 1.54) is 18.3 Å². The van der Waals surface area contributed by atoms with Crippen LogP contribution < -0.4 is 10.7 Å². The molecule has 0 atom stereocenters. The smallest absolute Gasteiger partial charge is 0.329 e. The first-order valence-corrected chi connectivity index (χ1v) is 8.48. The van der Waals surface area contributed by atoms with Gasteiger partial charge in [-0.3, -0.25) is 19.7 Å². The molecule has 0 bridgehead atoms. The van der Waals surface area contributed by atoms with Crippen molar-refractivity contribution in [2.45, 2.75) is 6.92 Å². The molecule has 3 rings (SSSR count). The predicted molar refractivity (Wildman–Crippen MR) is 106 cm³/mol. The second kappa shape index (κ2) is 8.61. The van der Waals surface area contributed by atoms with Crippen molar-refractivity contribution < 1.29 is 18.9 Å². The maximum absolute atomic E-state index is 11.8. The molecule has 0 radical (unpaired) electrons. The van der Waals surface area contributed by atoms with Crippen molar-refractivity contribution in [2.24, 2.45) is 5.10 Å². The lowest BCUT2D eigenvalue weighted by Gasteiger charge is -2.03. The number of aryl methyl sites for hydroxylation is 1. The minimum Gasteiger partial charge on any atom is -0.455 e. The van der Waals surface area contributed by atoms with Crippen LogP contribution in [0.4, 0.5) is 11.4 Å². The molecule has 1 aromatic heterocycles. The molecule has 2 N–H and O–H groups in total. The van der Waals surface area contributed by atoms with E-state index in [0.29, 0.717) is 22.8 Å². The monoisotopic (exact) mass is 392 g/mol. The van der Waals surface area contributed by atoms with E-state index < -0.39 is 16.7 Å². The Labute approximate surface area is 165 Å². The van der Waals surface area contributed by atoms with Crippen molar-refractivity contribution in [1.29, 1.82) is 0 Å². The Morgan fingerprint density at radius 2 is 1.69 bits per heavy atom. The first-order valence-electron chi connectivity index (χ1n) is 8.48. The van der Waals surface area contributed by atoms with E-state index in [4.69, 9.17) is 4.42 Å². The number of hydrazone groups is 1. The molecule has 0 spiro atoms. The van der Waals surface area contributed by atoms with Crippen LogP contribution in [0.3, 0.4) is 0 Å². The van der Waals surface area contributed by atoms with E-state index in [1.54, 1.807) is 36.4 Å². The zero-order valence-electron chi connectivity index (χ0n) is 15.3. The largest absolute Gasteiger partial charge is 0.455 e. The molecule has 0 saturated heterocycles. The number of nitrogens with one attached hydrogen (secondary N) is 2. The number of anilines is 1. The van der Waals surface area contributed by atoms with Crippen LogP contribution in [0.15, 0.2) is 70.2 Å². The van der Waals surface area contributed by atoms with E-state index >= 15 is 0 Å². The standard InChI is InChI=1S/C20H16N4O5/c1-13-2-6-15(7-3-13)22-19(25)20(26)23-21-12-17-10-11-18(29-17)14-4-8-16(9-5-14)24(27)28/h2-12H,1H3,(H,22,25)(H,23,26)/b21-12-. The number of furan rings is 1. The lowest BCUT2D eigenvalue weighted by atomic mass is 10.1. The SMILES string of the molecule is Cc1ccc(NC(=O)C(=O)N/N=C\c2ccc(-c3ccc([N+](=O)[O-])cc3)o2)cc1. The van der Waals surface area contributed by atoms with Crippen LogP contribution in [0, 0.1) is 17.0 Å². The van der Waals surface area contributed by atoms with Crippen LogP contribution in [-0.2, 0) is 9.59 Å². The third kappa shape index (κ3) is 5.13. The highest BCUT2D eigenvalue weighted by Crippen LogP contribution is 2.23. The number of nitro groups is 1. The molecule has 1 heterocycles. The molecular formula is C20H16N4O5. The van der Waals surface area contributed by atoms with Crippen molar-refractivity contribution in [2.75, 3.05) is 5.32 Å². The fourth-order valence-corrected chi connectivity index (χ4v) is 2.35. The molecule has 0 aliphatic rings. The molecular weight excluding hydrogens is 376 g/mol. The van der Waals surface area contributed by atoms with Crippen LogP contribution in [0.1, 0.15) is 11.3 Å². The number of non-ortho nitro benzene ring substituents is 1. The van der Waals surface area contributed by atoms with Crippen LogP contribution in [-0.4, -0.2) is 23.0 Å². The number of carbonyl (C=O) groups excluding carboxylic acids is 2. The van der Waals surface area contributed by atoms with Gasteiger partial charge in [-0.2, -0.15) is 5.10 Å². The van der Waals surface area contributed by atoms with Crippen molar-refractivity contribution in [1.82, 2.24) is 5.43 Å². The summed E-state index contributed by atoms with van der Waals surface area (Å²) in [6, 6.07) is 16.1. The molecule has 0 aliphatic heterocycles. The number of hydrogen-bond donors (Lipinski definition) is 2. The van der Waals surface area contributed by atoms with Gasteiger partial charge in [-0.1, -0.05) is 17.7 Å². The Morgan fingerprint density at radius 3 is 2.34 bits per heavy atom. The average molecular weight is 392 g/mol. The molecule has 0 fully saturated rings. The summed E-state index contributed by atoms with van der Waals surface area (Å²) in [6.07, 6.45) is 1.24. The Morgan fingerprint density at radius 1 is 1.00 bits per heavy atom. The lowest BCUT2D eigenvalue weighted by molar-refractivity contribution is -0.384. The van der Waals surface area contributed by atoms with Gasteiger partial charge in [0, 0.05) is 23.4 Å². The predicted octanol–water partition coefficient (Wildman–Crippen LogP) is 3.25. The molecule has 146 valence electrons. The van der Waals surface area contributed by atoms with Gasteiger partial charge >= 0.3 is 11.8 Å². The Hall–Kier alpha value is -4.27. The van der Waals surface area contributed by atoms with Gasteiger partial charge < -0.3 is 9.73 Å². The van der Waals surface area contributed by atoms with Gasteiger partial charge in [0.1, 0.15) is 11.5 Å². The fraction of sp³-hybridized carbons (Fsp3) is 0.0500. The lowest BCUT2D eigenvalue weighted by Crippen LogP contribution is -2.32. The number of hydrogen-bond acceptors (Lipinski definition) is 6. The van der Waals surface area contributed by atoms with E-state index in [2.05, 4.69) is 15.8 Å². The Kier molecular flexibility index (Phi) is 5.79. The number of amides is 2. The van der Waals surface area contributed by atoms with Crippen LogP contribution >= 0.6 is 0 Å². The minimum absolute atomic E-state index is 0.0197. The van der Waals surface area contributed by atoms with Gasteiger partial charge in [0.15, 0.2) is 0 Å². The first kappa shape index (κ1) is 19.5. The Bertz CT molecular complexity index is 1070. The highest BCUT2D eigenvalue weighted by molar-refractivity contribution is 6.39. The average Bonchev–Trinajstić information content (AvgIpc) is 3.18. The zero-order chi connectivity index (χ0) is 20.8. The van der Waals surface area contributed by atoms with Crippen LogP contribution in [0.5, 0.6) is 0 Å². The van der Waals surface area contributed by atoms with Crippen molar-refractivity contribution in [3.05, 3.63) is 82.1 Å². The second-order valence-electron chi connectivity index (χ2n) is 6.03. The van der Waals surface area contributed by atoms with E-state index in [9.17, 15) is 19.7 Å². The number of nitrogens with zero attached hydrogens (tertiary/aromatic N) is 2. The normalized spacial score (nSPS) is 10.7. The first-order chi connectivity index (χ1) is 13.9. The summed E-state index contributed by atoms with van der Waals surface area (Å²) >= 11 is 0. The van der Waals surface area contributed by atoms with Crippen LogP contribution in [0.25, 0.3) is 11.3 Å². The molecule has 2 amide bonds. The summed E-state index contributed by atoms with van der Waals surface area (Å²) in [7, 11) is 0. The van der Waals surface area contributed by atoms with Gasteiger partial charge in [0.2, 0.25) is 0 Å². The number of benzene rings is 2. The molecule has 9 nitrogen and oxygen atoms in total. The molecule has 3 aromatic rings. The van der Waals surface area contributed by atoms with Crippen molar-refractivity contribution >= 4 is 29.4 Å². The number of carbonyl (C=O) groups is 2. The summed E-state index contributed by atoms with van der Waals surface area (Å²) in [6.45, 7) is 1.91. The summed E-state index contributed by atoms with van der Waals surface area (Å²) < 4.78 is 5.55. The highest BCUT2D eigenvalue weighted by atomic mass is 16.6. The molecule has 0 aliphatic carbocycles. The fourth-order valence-electron chi connectivity index (χ4n) is 2.35. The molecule has 0 unspecified atom stereocenters. The number of rotatable bonds is 5. The van der Waals surface area contributed by atoms with Crippen molar-refractivity contribution in [3.8, 4) is 11.3 Å². The summed E-state index contributed by atoms with van der Waals surface area (Å²) in [5.41, 5.74) is 4.27. The second-order valence-corrected chi connectivity index (χ2v) is 6.03. The maximum Gasteiger partial charge on any atom is 0.329 e. The van der Waals surface area contributed by atoms with Crippen LogP contribution in [0.2, 0.25) is 0 Å². The third-order valence-electron chi connectivity index (χ3n) is 3.86. The van der Waals surface area contributed by atoms with E-state index in [-0.39, 0.29) is 5.69 Å². The topological polar surface area (TPSA) is 127 Å². The molecule has 29 heavy (non-hydrogen) atoms. The summed E-state index contributed by atoms with van der Waals surface area (Å²) in [5, 5.41) is 16.8. The van der Waals surface area contributed by atoms with Gasteiger partial charge in [0.25, 0.3) is 5.69 Å². The van der Waals surface area contributed by atoms with Gasteiger partial charge in [-0.05, 0) is 43.3 Å². The zero-order valence-corrected chi connectivity index (χ0v) is 15.3. The number of nitro benzene ring substituents is 1. The maximum atomic E-state index is 11.8. The molecule has 9 heteroatoms. The van der Waals surface area contributed by atoms with E-state index in [1.807, 2.05) is 19.1 Å². The van der Waals surface area contributed by atoms with Gasteiger partial charge in [-0.25, -0.2) is 5.43 Å². The quantitative estimate of drug-likeness (QED) is 0.298. The highest BCUT2D eigenvalue weighted by Gasteiger charge is 2.13. The van der Waals surface area contributed by atoms with Crippen molar-refractivity contribution in [3.63, 3.8) is 0 Å². The van der Waals surface area contributed by atoms with Gasteiger partial charge in [0.05, 0.1) is 11.1 Å². The molecule has 2 aromatic carbocycles. The Balaban J connectivity index is 1.56. The molecule has 0 saturated carbocycles. The minimum atomic E-state index is -0.927. The van der Waals surface area contributed by atoms with E-state index in [0.717, 1.165) is 5.56 Å². The third-order valence-corrected chi connectivity index (χ3v) is 3.86. The summed E-state index contributed by atoms with van der Waals surface area (Å²) in [5.74, 6) is -0.969. The van der Waals surface area contributed by atoms with Gasteiger partial charge in [-0.15, -0.1) is 0 Å². The summed E-state index contributed by atoms with van der Waals surface area (Å²) in [4.78, 5) is 33.8.